The minimum atomic E-state index is -0.397. The highest BCUT2D eigenvalue weighted by Gasteiger charge is 2.27. The Labute approximate surface area is 192 Å². The lowest BCUT2D eigenvalue weighted by Gasteiger charge is -2.31. The lowest BCUT2D eigenvalue weighted by molar-refractivity contribution is -0.126. The number of hydrogen-bond acceptors (Lipinski definition) is 8. The number of carbonyl (C=O) groups is 2. The molecular formula is C22H44N6O4. The van der Waals surface area contributed by atoms with Crippen molar-refractivity contribution in [2.45, 2.75) is 96.8 Å². The molecule has 0 radical (unpaired) electrons. The Hall–Kier alpha value is -1.94. The predicted molar refractivity (Wildman–Crippen MR) is 128 cm³/mol. The fourth-order valence-corrected chi connectivity index (χ4v) is 3.05. The van der Waals surface area contributed by atoms with E-state index in [1.54, 1.807) is 20.9 Å². The van der Waals surface area contributed by atoms with Gasteiger partial charge >= 0.3 is 0 Å². The number of amides is 2. The van der Waals surface area contributed by atoms with Gasteiger partial charge in [0.2, 0.25) is 11.8 Å². The molecule has 0 aromatic rings. The van der Waals surface area contributed by atoms with Crippen molar-refractivity contribution in [1.82, 2.24) is 21.3 Å². The van der Waals surface area contributed by atoms with Gasteiger partial charge in [-0.25, -0.2) is 0 Å². The number of nitrogens with one attached hydrogen (secondary N) is 4. The normalized spacial score (nSPS) is 14.8. The zero-order chi connectivity index (χ0) is 24.8. The SMILES string of the molecule is CNC(=O)CCC(=O)NCCC(CCNC(C)(C)C(C)N=O)CCNC(C)(C)C(C)N=O. The van der Waals surface area contributed by atoms with Gasteiger partial charge in [0.15, 0.2) is 0 Å². The molecule has 32 heavy (non-hydrogen) atoms. The summed E-state index contributed by atoms with van der Waals surface area (Å²) in [4.78, 5) is 45.0. The summed E-state index contributed by atoms with van der Waals surface area (Å²) in [7, 11) is 1.55. The molecule has 10 nitrogen and oxygen atoms in total. The fraction of sp³-hybridized carbons (Fsp3) is 0.909. The molecule has 186 valence electrons. The highest BCUT2D eigenvalue weighted by molar-refractivity contribution is 5.83. The van der Waals surface area contributed by atoms with Crippen LogP contribution in [0.3, 0.4) is 0 Å². The Morgan fingerprint density at radius 3 is 1.56 bits per heavy atom. The molecule has 0 aromatic carbocycles. The highest BCUT2D eigenvalue weighted by atomic mass is 16.3. The number of carbonyl (C=O) groups excluding carboxylic acids is 2. The maximum Gasteiger partial charge on any atom is 0.220 e. The summed E-state index contributed by atoms with van der Waals surface area (Å²) in [6.07, 6.45) is 2.87. The van der Waals surface area contributed by atoms with Crippen LogP contribution in [0.5, 0.6) is 0 Å². The monoisotopic (exact) mass is 456 g/mol. The van der Waals surface area contributed by atoms with E-state index in [2.05, 4.69) is 31.6 Å². The highest BCUT2D eigenvalue weighted by Crippen LogP contribution is 2.17. The Bertz CT molecular complexity index is 565. The standard InChI is InChI=1S/C22H44N6O4/c1-16(27-31)21(3,4)25-14-11-18(12-15-26-22(5,6)17(2)28-32)10-13-24-20(30)9-8-19(29)23-7/h16-18,25-26H,8-15H2,1-7H3,(H,23,29)(H,24,30). The van der Waals surface area contributed by atoms with Gasteiger partial charge in [-0.1, -0.05) is 10.4 Å². The molecule has 0 aliphatic carbocycles. The summed E-state index contributed by atoms with van der Waals surface area (Å²) in [5, 5.41) is 18.5. The van der Waals surface area contributed by atoms with Crippen molar-refractivity contribution in [2.24, 2.45) is 16.3 Å². The quantitative estimate of drug-likeness (QED) is 0.233. The lowest BCUT2D eigenvalue weighted by Crippen LogP contribution is -2.48. The second-order valence-electron chi connectivity index (χ2n) is 9.61. The van der Waals surface area contributed by atoms with E-state index in [1.165, 1.54) is 0 Å². The van der Waals surface area contributed by atoms with E-state index in [0.717, 1.165) is 32.4 Å². The average molecular weight is 457 g/mol. The first kappa shape index (κ1) is 30.1. The lowest BCUT2D eigenvalue weighted by atomic mass is 9.92. The minimum absolute atomic E-state index is 0.136. The van der Waals surface area contributed by atoms with Gasteiger partial charge in [0.25, 0.3) is 0 Å². The zero-order valence-electron chi connectivity index (χ0n) is 20.9. The number of hydrogen-bond donors (Lipinski definition) is 4. The van der Waals surface area contributed by atoms with Gasteiger partial charge in [-0.05, 0) is 79.8 Å². The smallest absolute Gasteiger partial charge is 0.220 e. The van der Waals surface area contributed by atoms with Crippen molar-refractivity contribution in [2.75, 3.05) is 26.7 Å². The molecule has 2 amide bonds. The van der Waals surface area contributed by atoms with Crippen molar-refractivity contribution in [1.29, 1.82) is 0 Å². The van der Waals surface area contributed by atoms with E-state index >= 15 is 0 Å². The molecule has 0 bridgehead atoms. The zero-order valence-corrected chi connectivity index (χ0v) is 20.9. The predicted octanol–water partition coefficient (Wildman–Crippen LogP) is 2.46. The summed E-state index contributed by atoms with van der Waals surface area (Å²) in [6, 6.07) is -0.694. The summed E-state index contributed by atoms with van der Waals surface area (Å²) >= 11 is 0. The Kier molecular flexibility index (Phi) is 14.1. The van der Waals surface area contributed by atoms with Crippen molar-refractivity contribution >= 4 is 11.8 Å². The second-order valence-corrected chi connectivity index (χ2v) is 9.61. The van der Waals surface area contributed by atoms with E-state index < -0.39 is 11.1 Å². The van der Waals surface area contributed by atoms with Crippen LogP contribution < -0.4 is 21.3 Å². The van der Waals surface area contributed by atoms with E-state index in [9.17, 15) is 19.4 Å². The molecule has 0 aromatic heterocycles. The van der Waals surface area contributed by atoms with Gasteiger partial charge < -0.3 is 21.3 Å². The summed E-state index contributed by atoms with van der Waals surface area (Å²) in [5.41, 5.74) is -0.794. The minimum Gasteiger partial charge on any atom is -0.359 e. The van der Waals surface area contributed by atoms with Crippen molar-refractivity contribution in [3.63, 3.8) is 0 Å². The van der Waals surface area contributed by atoms with Gasteiger partial charge in [0.05, 0.1) is 0 Å². The van der Waals surface area contributed by atoms with Crippen molar-refractivity contribution < 1.29 is 9.59 Å². The molecule has 2 unspecified atom stereocenters. The first-order chi connectivity index (χ1) is 14.9. The largest absolute Gasteiger partial charge is 0.359 e. The van der Waals surface area contributed by atoms with E-state index in [0.29, 0.717) is 12.5 Å². The number of nitroso groups, excluding NO2 is 2. The number of rotatable bonds is 18. The van der Waals surface area contributed by atoms with Crippen LogP contribution >= 0.6 is 0 Å². The molecule has 0 aliphatic rings. The molecule has 0 rings (SSSR count). The molecule has 0 heterocycles. The molecule has 10 heteroatoms. The molecule has 0 aliphatic heterocycles. The van der Waals surface area contributed by atoms with Gasteiger partial charge in [0.1, 0.15) is 12.1 Å². The molecule has 0 saturated carbocycles. The van der Waals surface area contributed by atoms with Gasteiger partial charge in [-0.3, -0.25) is 9.59 Å². The first-order valence-corrected chi connectivity index (χ1v) is 11.5. The molecule has 0 spiro atoms. The topological polar surface area (TPSA) is 141 Å². The molecule has 0 fully saturated rings. The fourth-order valence-electron chi connectivity index (χ4n) is 3.05. The van der Waals surface area contributed by atoms with Crippen LogP contribution in [0.1, 0.15) is 73.6 Å². The van der Waals surface area contributed by atoms with Crippen LogP contribution in [0.2, 0.25) is 0 Å². The molecule has 2 atom stereocenters. The van der Waals surface area contributed by atoms with Crippen molar-refractivity contribution in [3.05, 3.63) is 9.81 Å². The average Bonchev–Trinajstić information content (AvgIpc) is 2.75. The second kappa shape index (κ2) is 15.0. The Morgan fingerprint density at radius 1 is 0.750 bits per heavy atom. The third-order valence-corrected chi connectivity index (χ3v) is 6.40. The van der Waals surface area contributed by atoms with Crippen LogP contribution in [-0.4, -0.2) is 61.7 Å². The van der Waals surface area contributed by atoms with Crippen LogP contribution in [0, 0.1) is 15.7 Å². The van der Waals surface area contributed by atoms with Crippen LogP contribution in [0.15, 0.2) is 10.4 Å². The van der Waals surface area contributed by atoms with Crippen LogP contribution in [-0.2, 0) is 9.59 Å². The summed E-state index contributed by atoms with van der Waals surface area (Å²) < 4.78 is 0. The van der Waals surface area contributed by atoms with E-state index in [-0.39, 0.29) is 36.7 Å². The molecule has 4 N–H and O–H groups in total. The van der Waals surface area contributed by atoms with Gasteiger partial charge in [-0.2, -0.15) is 9.81 Å². The maximum absolute atomic E-state index is 12.0. The molecule has 0 saturated heterocycles. The van der Waals surface area contributed by atoms with Gasteiger partial charge in [-0.15, -0.1) is 0 Å². The van der Waals surface area contributed by atoms with E-state index in [4.69, 9.17) is 0 Å². The van der Waals surface area contributed by atoms with Gasteiger partial charge in [0, 0.05) is 37.5 Å². The number of nitrogens with zero attached hydrogens (tertiary/aromatic N) is 2. The summed E-state index contributed by atoms with van der Waals surface area (Å²) in [5.74, 6) is 0.0287. The van der Waals surface area contributed by atoms with E-state index in [1.807, 2.05) is 27.7 Å². The maximum atomic E-state index is 12.0. The summed E-state index contributed by atoms with van der Waals surface area (Å²) in [6.45, 7) is 13.4. The van der Waals surface area contributed by atoms with Crippen LogP contribution in [0.4, 0.5) is 0 Å². The van der Waals surface area contributed by atoms with Crippen LogP contribution in [0.25, 0.3) is 0 Å². The first-order valence-electron chi connectivity index (χ1n) is 11.5. The Balaban J connectivity index is 4.70. The third-order valence-electron chi connectivity index (χ3n) is 6.40. The van der Waals surface area contributed by atoms with Crippen molar-refractivity contribution in [3.8, 4) is 0 Å². The molecular weight excluding hydrogens is 412 g/mol. The third kappa shape index (κ3) is 12.2. The Morgan fingerprint density at radius 2 is 1.16 bits per heavy atom.